The maximum Gasteiger partial charge on any atom is 0.345 e. The lowest BCUT2D eigenvalue weighted by molar-refractivity contribution is -0.131. The molecule has 1 saturated heterocycles. The lowest BCUT2D eigenvalue weighted by Crippen LogP contribution is -2.39. The van der Waals surface area contributed by atoms with Gasteiger partial charge in [0.2, 0.25) is 5.91 Å². The van der Waals surface area contributed by atoms with E-state index in [1.165, 1.54) is 4.68 Å². The van der Waals surface area contributed by atoms with E-state index < -0.39 is 0 Å². The molecule has 0 radical (unpaired) electrons. The summed E-state index contributed by atoms with van der Waals surface area (Å²) in [4.78, 5) is 26.2. The molecule has 0 atom stereocenters. The molecule has 9 nitrogen and oxygen atoms in total. The maximum absolute atomic E-state index is 12.4. The van der Waals surface area contributed by atoms with Crippen molar-refractivity contribution in [3.8, 4) is 0 Å². The van der Waals surface area contributed by atoms with Crippen LogP contribution in [-0.4, -0.2) is 48.6 Å². The Hall–Kier alpha value is -2.45. The van der Waals surface area contributed by atoms with E-state index in [-0.39, 0.29) is 23.9 Å². The van der Waals surface area contributed by atoms with Crippen LogP contribution < -0.4 is 5.69 Å². The number of nitrogens with zero attached hydrogens (tertiary/aromatic N) is 6. The Balaban J connectivity index is 1.64. The van der Waals surface area contributed by atoms with Crippen LogP contribution in [0.1, 0.15) is 42.9 Å². The molecule has 0 aliphatic carbocycles. The molecular formula is C15H22N6O3. The Labute approximate surface area is 139 Å². The van der Waals surface area contributed by atoms with Gasteiger partial charge in [-0.2, -0.15) is 5.10 Å². The highest BCUT2D eigenvalue weighted by Gasteiger charge is 2.28. The van der Waals surface area contributed by atoms with Crippen molar-refractivity contribution < 1.29 is 9.42 Å². The summed E-state index contributed by atoms with van der Waals surface area (Å²) in [6.45, 7) is 5.64. The zero-order valence-corrected chi connectivity index (χ0v) is 14.2. The molecule has 2 aromatic rings. The summed E-state index contributed by atoms with van der Waals surface area (Å²) in [5.74, 6) is 1.06. The van der Waals surface area contributed by atoms with Gasteiger partial charge in [0.15, 0.2) is 0 Å². The van der Waals surface area contributed by atoms with Crippen molar-refractivity contribution in [3.63, 3.8) is 0 Å². The van der Waals surface area contributed by atoms with Crippen LogP contribution in [0.15, 0.2) is 9.42 Å². The lowest BCUT2D eigenvalue weighted by atomic mass is 9.95. The largest absolute Gasteiger partial charge is 0.345 e. The van der Waals surface area contributed by atoms with Gasteiger partial charge in [0.25, 0.3) is 0 Å². The highest BCUT2D eigenvalue weighted by atomic mass is 16.6. The van der Waals surface area contributed by atoms with E-state index in [0.29, 0.717) is 31.0 Å². The van der Waals surface area contributed by atoms with Gasteiger partial charge in [-0.25, -0.2) is 14.1 Å². The summed E-state index contributed by atoms with van der Waals surface area (Å²) in [5, 5.41) is 11.8. The van der Waals surface area contributed by atoms with E-state index in [1.807, 2.05) is 11.8 Å². The van der Waals surface area contributed by atoms with Gasteiger partial charge in [0, 0.05) is 32.6 Å². The average molecular weight is 334 g/mol. The SMILES string of the molecule is CCn1c(C2CCN(C(=O)Cc3nonc3C)CC2)nn(C)c1=O. The van der Waals surface area contributed by atoms with Crippen LogP contribution >= 0.6 is 0 Å². The van der Waals surface area contributed by atoms with Crippen LogP contribution in [0.5, 0.6) is 0 Å². The molecule has 1 aliphatic rings. The molecule has 3 heterocycles. The fourth-order valence-corrected chi connectivity index (χ4v) is 3.17. The van der Waals surface area contributed by atoms with Gasteiger partial charge in [-0.05, 0) is 26.7 Å². The summed E-state index contributed by atoms with van der Waals surface area (Å²) in [6, 6.07) is 0. The van der Waals surface area contributed by atoms with Crippen LogP contribution in [0.25, 0.3) is 0 Å². The first-order valence-corrected chi connectivity index (χ1v) is 8.20. The minimum atomic E-state index is -0.0833. The first-order chi connectivity index (χ1) is 11.5. The summed E-state index contributed by atoms with van der Waals surface area (Å²) in [7, 11) is 1.67. The van der Waals surface area contributed by atoms with Gasteiger partial charge in [-0.15, -0.1) is 0 Å². The van der Waals surface area contributed by atoms with Gasteiger partial charge in [0.05, 0.1) is 6.42 Å². The van der Waals surface area contributed by atoms with E-state index in [4.69, 9.17) is 0 Å². The first kappa shape index (κ1) is 16.4. The highest BCUT2D eigenvalue weighted by molar-refractivity contribution is 5.78. The minimum Gasteiger partial charge on any atom is -0.342 e. The van der Waals surface area contributed by atoms with E-state index in [2.05, 4.69) is 20.0 Å². The molecule has 1 aliphatic heterocycles. The van der Waals surface area contributed by atoms with Crippen LogP contribution in [0, 0.1) is 6.92 Å². The molecule has 24 heavy (non-hydrogen) atoms. The number of hydrogen-bond acceptors (Lipinski definition) is 6. The van der Waals surface area contributed by atoms with E-state index in [9.17, 15) is 9.59 Å². The number of hydrogen-bond donors (Lipinski definition) is 0. The molecule has 0 spiro atoms. The zero-order valence-electron chi connectivity index (χ0n) is 14.2. The van der Waals surface area contributed by atoms with E-state index in [0.717, 1.165) is 18.7 Å². The van der Waals surface area contributed by atoms with Crippen molar-refractivity contribution in [3.05, 3.63) is 27.7 Å². The maximum atomic E-state index is 12.4. The summed E-state index contributed by atoms with van der Waals surface area (Å²) >= 11 is 0. The van der Waals surface area contributed by atoms with E-state index in [1.54, 1.807) is 18.5 Å². The molecule has 1 fully saturated rings. The highest BCUT2D eigenvalue weighted by Crippen LogP contribution is 2.26. The Morgan fingerprint density at radius 3 is 2.58 bits per heavy atom. The van der Waals surface area contributed by atoms with Crippen LogP contribution in [0.3, 0.4) is 0 Å². The third-order valence-electron chi connectivity index (χ3n) is 4.63. The van der Waals surface area contributed by atoms with Crippen molar-refractivity contribution in [1.82, 2.24) is 29.6 Å². The molecule has 9 heteroatoms. The van der Waals surface area contributed by atoms with E-state index >= 15 is 0 Å². The predicted octanol–water partition coefficient (Wildman–Crippen LogP) is 0.242. The fraction of sp³-hybridized carbons (Fsp3) is 0.667. The topological polar surface area (TPSA) is 99.0 Å². The summed E-state index contributed by atoms with van der Waals surface area (Å²) < 4.78 is 7.73. The second kappa shape index (κ2) is 6.58. The third kappa shape index (κ3) is 2.98. The zero-order chi connectivity index (χ0) is 17.3. The predicted molar refractivity (Wildman–Crippen MR) is 84.4 cm³/mol. The van der Waals surface area contributed by atoms with Crippen molar-refractivity contribution in [2.45, 2.75) is 45.6 Å². The van der Waals surface area contributed by atoms with Gasteiger partial charge in [-0.3, -0.25) is 9.36 Å². The molecule has 0 bridgehead atoms. The second-order valence-electron chi connectivity index (χ2n) is 6.14. The second-order valence-corrected chi connectivity index (χ2v) is 6.14. The third-order valence-corrected chi connectivity index (χ3v) is 4.63. The van der Waals surface area contributed by atoms with Crippen LogP contribution in [-0.2, 0) is 24.8 Å². The molecule has 0 aromatic carbocycles. The van der Waals surface area contributed by atoms with Gasteiger partial charge < -0.3 is 4.90 Å². The Morgan fingerprint density at radius 1 is 1.29 bits per heavy atom. The Kier molecular flexibility index (Phi) is 4.50. The molecular weight excluding hydrogens is 312 g/mol. The normalized spacial score (nSPS) is 15.9. The number of likely N-dealkylation sites (tertiary alicyclic amines) is 1. The molecule has 2 aromatic heterocycles. The monoisotopic (exact) mass is 334 g/mol. The summed E-state index contributed by atoms with van der Waals surface area (Å²) in [5.41, 5.74) is 1.16. The Morgan fingerprint density at radius 2 is 2.00 bits per heavy atom. The fourth-order valence-electron chi connectivity index (χ4n) is 3.17. The van der Waals surface area contributed by atoms with Gasteiger partial charge in [-0.1, -0.05) is 10.3 Å². The number of aromatic nitrogens is 5. The first-order valence-electron chi connectivity index (χ1n) is 8.20. The summed E-state index contributed by atoms with van der Waals surface area (Å²) in [6.07, 6.45) is 1.82. The van der Waals surface area contributed by atoms with Gasteiger partial charge in [0.1, 0.15) is 17.2 Å². The molecule has 130 valence electrons. The van der Waals surface area contributed by atoms with Crippen LogP contribution in [0.4, 0.5) is 0 Å². The molecule has 0 unspecified atom stereocenters. The molecule has 0 N–H and O–H groups in total. The number of aryl methyl sites for hydroxylation is 2. The molecule has 1 amide bonds. The number of carbonyl (C=O) groups excluding carboxylic acids is 1. The quantitative estimate of drug-likeness (QED) is 0.794. The number of rotatable bonds is 4. The van der Waals surface area contributed by atoms with Crippen molar-refractivity contribution >= 4 is 5.91 Å². The van der Waals surface area contributed by atoms with Crippen molar-refractivity contribution in [2.24, 2.45) is 7.05 Å². The standard InChI is InChI=1S/C15H22N6O3/c1-4-21-14(16-19(3)15(21)23)11-5-7-20(8-6-11)13(22)9-12-10(2)17-24-18-12/h11H,4-9H2,1-3H3. The van der Waals surface area contributed by atoms with Crippen LogP contribution in [0.2, 0.25) is 0 Å². The molecule has 0 saturated carbocycles. The van der Waals surface area contributed by atoms with Crippen molar-refractivity contribution in [1.29, 1.82) is 0 Å². The average Bonchev–Trinajstić information content (AvgIpc) is 3.11. The smallest absolute Gasteiger partial charge is 0.342 e. The minimum absolute atomic E-state index is 0.0288. The van der Waals surface area contributed by atoms with Gasteiger partial charge >= 0.3 is 5.69 Å². The number of carbonyl (C=O) groups is 1. The Bertz CT molecular complexity index is 781. The molecule has 3 rings (SSSR count). The lowest BCUT2D eigenvalue weighted by Gasteiger charge is -2.31. The number of amides is 1. The number of piperidine rings is 1. The van der Waals surface area contributed by atoms with Crippen molar-refractivity contribution in [2.75, 3.05) is 13.1 Å².